The molecule has 2 N–H and O–H groups in total. The number of hydrogen-bond acceptors (Lipinski definition) is 13. The Morgan fingerprint density at radius 3 is 1.91 bits per heavy atom. The second-order valence-electron chi connectivity index (χ2n) is 15.4. The van der Waals surface area contributed by atoms with Crippen LogP contribution in [0.5, 0.6) is 0 Å². The summed E-state index contributed by atoms with van der Waals surface area (Å²) in [7, 11) is 1.35. The summed E-state index contributed by atoms with van der Waals surface area (Å²) < 4.78 is 17.4. The number of thiazole rings is 1. The number of benzene rings is 5. The van der Waals surface area contributed by atoms with Crippen molar-refractivity contribution < 1.29 is 33.4 Å². The molecule has 2 atom stereocenters. The van der Waals surface area contributed by atoms with E-state index in [-0.39, 0.29) is 29.8 Å². The van der Waals surface area contributed by atoms with Gasteiger partial charge >= 0.3 is 5.97 Å². The molecule has 4 heterocycles. The van der Waals surface area contributed by atoms with E-state index < -0.39 is 40.8 Å². The van der Waals surface area contributed by atoms with Gasteiger partial charge in [0.2, 0.25) is 0 Å². The molecule has 12 nitrogen and oxygen atoms in total. The summed E-state index contributed by atoms with van der Waals surface area (Å²) >= 11 is 4.28. The number of anilines is 1. The molecule has 6 aromatic rings. The first-order valence-corrected chi connectivity index (χ1v) is 24.0. The third-order valence-electron chi connectivity index (χ3n) is 11.3. The van der Waals surface area contributed by atoms with Crippen LogP contribution in [0.1, 0.15) is 39.6 Å². The van der Waals surface area contributed by atoms with Crippen molar-refractivity contribution in [2.45, 2.75) is 23.1 Å². The Hall–Kier alpha value is -6.23. The summed E-state index contributed by atoms with van der Waals surface area (Å²) in [6.07, 6.45) is -0.729. The van der Waals surface area contributed by atoms with E-state index in [0.29, 0.717) is 34.8 Å². The van der Waals surface area contributed by atoms with Gasteiger partial charge < -0.3 is 29.7 Å². The molecule has 65 heavy (non-hydrogen) atoms. The predicted molar refractivity (Wildman–Crippen MR) is 254 cm³/mol. The Balaban J connectivity index is 0.973. The average Bonchev–Trinajstić information content (AvgIpc) is 3.84. The highest BCUT2D eigenvalue weighted by atomic mass is 32.2. The number of amides is 2. The van der Waals surface area contributed by atoms with E-state index in [1.165, 1.54) is 46.9 Å². The maximum Gasteiger partial charge on any atom is 0.356 e. The molecule has 1 aromatic heterocycles. The smallest absolute Gasteiger partial charge is 0.356 e. The van der Waals surface area contributed by atoms with Gasteiger partial charge in [0.25, 0.3) is 11.8 Å². The van der Waals surface area contributed by atoms with Crippen LogP contribution in [0.2, 0.25) is 0 Å². The van der Waals surface area contributed by atoms with Crippen molar-refractivity contribution in [2.24, 2.45) is 11.1 Å². The fourth-order valence-electron chi connectivity index (χ4n) is 8.18. The number of thioether (sulfide) groups is 2. The number of esters is 1. The Morgan fingerprint density at radius 2 is 1.37 bits per heavy atom. The second kappa shape index (κ2) is 20.3. The van der Waals surface area contributed by atoms with Gasteiger partial charge in [0.05, 0.1) is 13.2 Å². The Bertz CT molecular complexity index is 2510. The van der Waals surface area contributed by atoms with Gasteiger partial charge in [-0.05, 0) is 27.8 Å². The third kappa shape index (κ3) is 9.33. The topological polar surface area (TPSA) is 141 Å². The molecule has 0 spiro atoms. The molecule has 2 saturated heterocycles. The first-order chi connectivity index (χ1) is 31.9. The van der Waals surface area contributed by atoms with Gasteiger partial charge in [-0.1, -0.05) is 157 Å². The number of nitrogens with zero attached hydrogens (tertiary/aromatic N) is 3. The normalized spacial score (nSPS) is 17.8. The molecule has 2 fully saturated rings. The lowest BCUT2D eigenvalue weighted by molar-refractivity contribution is -0.154. The zero-order valence-corrected chi connectivity index (χ0v) is 37.7. The SMILES string of the molecule is CO/N=C(\C(=O)NC1C(=O)N2C(C(=O)OC(c3ccccc3)c3ccccc3)=C(SCC3COCOC3)CSC12)c1csc(NC(c2ccccc2)(c2ccccc2)c2ccccc2)n1. The van der Waals surface area contributed by atoms with E-state index in [4.69, 9.17) is 24.0 Å². The number of hydrogen-bond donors (Lipinski definition) is 2. The number of oxime groups is 1. The van der Waals surface area contributed by atoms with Crippen LogP contribution in [-0.2, 0) is 39.0 Å². The van der Waals surface area contributed by atoms with E-state index >= 15 is 0 Å². The van der Waals surface area contributed by atoms with Crippen LogP contribution in [0.3, 0.4) is 0 Å². The van der Waals surface area contributed by atoms with Gasteiger partial charge in [-0.25, -0.2) is 9.78 Å². The summed E-state index contributed by atoms with van der Waals surface area (Å²) in [4.78, 5) is 55.4. The number of β-lactam (4-membered cyclic amide) rings is 1. The molecule has 2 amide bonds. The monoisotopic (exact) mass is 923 g/mol. The molecule has 15 heteroatoms. The van der Waals surface area contributed by atoms with Gasteiger partial charge in [0, 0.05) is 27.7 Å². The molecule has 0 bridgehead atoms. The van der Waals surface area contributed by atoms with Crippen LogP contribution in [0, 0.1) is 5.92 Å². The van der Waals surface area contributed by atoms with E-state index in [9.17, 15) is 14.4 Å². The lowest BCUT2D eigenvalue weighted by atomic mass is 9.77. The van der Waals surface area contributed by atoms with Crippen molar-refractivity contribution in [3.8, 4) is 0 Å². The predicted octanol–water partition coefficient (Wildman–Crippen LogP) is 8.20. The summed E-state index contributed by atoms with van der Waals surface area (Å²) in [5, 5.41) is 12.4. The maximum absolute atomic E-state index is 14.6. The van der Waals surface area contributed by atoms with Crippen LogP contribution in [0.15, 0.2) is 173 Å². The first-order valence-electron chi connectivity index (χ1n) is 21.0. The number of ether oxygens (including phenoxy) is 3. The van der Waals surface area contributed by atoms with E-state index in [1.54, 1.807) is 5.38 Å². The fourth-order valence-corrected chi connectivity index (χ4v) is 11.6. The fraction of sp³-hybridized carbons (Fsp3) is 0.220. The Kier molecular flexibility index (Phi) is 13.7. The quantitative estimate of drug-likeness (QED) is 0.0319. The summed E-state index contributed by atoms with van der Waals surface area (Å²) in [5.74, 6) is -0.597. The van der Waals surface area contributed by atoms with Crippen LogP contribution in [-0.4, -0.2) is 83.4 Å². The zero-order chi connectivity index (χ0) is 44.6. The van der Waals surface area contributed by atoms with Crippen LogP contribution < -0.4 is 10.6 Å². The molecule has 5 aromatic carbocycles. The van der Waals surface area contributed by atoms with Crippen molar-refractivity contribution in [3.05, 3.63) is 201 Å². The van der Waals surface area contributed by atoms with Crippen LogP contribution in [0.4, 0.5) is 5.13 Å². The highest BCUT2D eigenvalue weighted by Gasteiger charge is 2.55. The van der Waals surface area contributed by atoms with Gasteiger partial charge in [-0.15, -0.1) is 34.9 Å². The molecule has 330 valence electrons. The average molecular weight is 924 g/mol. The van der Waals surface area contributed by atoms with Crippen molar-refractivity contribution in [3.63, 3.8) is 0 Å². The third-order valence-corrected chi connectivity index (χ3v) is 14.8. The molecular weight excluding hydrogens is 879 g/mol. The molecule has 9 rings (SSSR count). The van der Waals surface area contributed by atoms with E-state index in [1.807, 2.05) is 115 Å². The highest BCUT2D eigenvalue weighted by molar-refractivity contribution is 8.06. The molecule has 3 aliphatic rings. The van der Waals surface area contributed by atoms with Crippen molar-refractivity contribution in [2.75, 3.05) is 43.9 Å². The van der Waals surface area contributed by atoms with Gasteiger partial charge in [0.1, 0.15) is 42.2 Å². The molecule has 0 aliphatic carbocycles. The Morgan fingerprint density at radius 1 is 0.831 bits per heavy atom. The first kappa shape index (κ1) is 44.0. The lowest BCUT2D eigenvalue weighted by Crippen LogP contribution is -2.71. The maximum atomic E-state index is 14.6. The lowest BCUT2D eigenvalue weighted by Gasteiger charge is -2.49. The van der Waals surface area contributed by atoms with Gasteiger partial charge in [-0.2, -0.15) is 0 Å². The summed E-state index contributed by atoms with van der Waals surface area (Å²) in [6.45, 7) is 1.32. The number of carbonyl (C=O) groups is 3. The molecule has 3 aliphatic heterocycles. The van der Waals surface area contributed by atoms with E-state index in [0.717, 1.165) is 27.8 Å². The second-order valence-corrected chi connectivity index (χ2v) is 18.5. The van der Waals surface area contributed by atoms with Gasteiger partial charge in [-0.3, -0.25) is 14.5 Å². The van der Waals surface area contributed by atoms with Crippen LogP contribution >= 0.6 is 34.9 Å². The minimum Gasteiger partial charge on any atom is -0.448 e. The highest BCUT2D eigenvalue weighted by Crippen LogP contribution is 2.45. The standard InChI is InChI=1S/C50H45N5O7S3/c1-59-54-41(39-30-65-49(51-39)53-50(36-21-11-4-12-22-36,37-23-13-5-14-24-37)38-25-15-6-16-26-38)45(56)52-42-46(57)55-43(40(31-64-47(42)55)63-29-33-27-60-32-61-28-33)48(58)62-44(34-17-7-2-8-18-34)35-19-9-3-10-20-35/h2-26,30,33,42,44,47H,27-29,31-32H2,1H3,(H,51,53)(H,52,56)/b54-41-. The molecule has 0 saturated carbocycles. The Labute approximate surface area is 389 Å². The molecule has 0 radical (unpaired) electrons. The van der Waals surface area contributed by atoms with Crippen molar-refractivity contribution in [1.29, 1.82) is 0 Å². The van der Waals surface area contributed by atoms with Crippen molar-refractivity contribution >= 4 is 63.5 Å². The number of fused-ring (bicyclic) bond motifs is 1. The number of rotatable bonds is 16. The molecular formula is C50H45N5O7S3. The minimum atomic E-state index is -0.971. The number of aromatic nitrogens is 1. The van der Waals surface area contributed by atoms with Gasteiger partial charge in [0.15, 0.2) is 16.9 Å². The minimum absolute atomic E-state index is 0.105. The van der Waals surface area contributed by atoms with Crippen molar-refractivity contribution in [1.82, 2.24) is 15.2 Å². The van der Waals surface area contributed by atoms with Crippen LogP contribution in [0.25, 0.3) is 0 Å². The summed E-state index contributed by atoms with van der Waals surface area (Å²) in [5.41, 5.74) is 4.00. The number of carbonyl (C=O) groups excluding carboxylic acids is 3. The number of nitrogens with one attached hydrogen (secondary N) is 2. The summed E-state index contributed by atoms with van der Waals surface area (Å²) in [6, 6.07) is 48.4. The largest absolute Gasteiger partial charge is 0.448 e. The van der Waals surface area contributed by atoms with E-state index in [2.05, 4.69) is 52.2 Å². The molecule has 2 unspecified atom stereocenters. The zero-order valence-electron chi connectivity index (χ0n) is 35.3.